The number of carbonyl (C=O) groups is 1. The summed E-state index contributed by atoms with van der Waals surface area (Å²) >= 11 is 0. The van der Waals surface area contributed by atoms with E-state index in [2.05, 4.69) is 15.5 Å². The highest BCUT2D eigenvalue weighted by molar-refractivity contribution is 5.93. The number of ketones is 1. The Bertz CT molecular complexity index is 762. The van der Waals surface area contributed by atoms with Crippen molar-refractivity contribution in [3.05, 3.63) is 66.4 Å². The fraction of sp³-hybridized carbons (Fsp3) is 0.0588. The van der Waals surface area contributed by atoms with Gasteiger partial charge >= 0.3 is 0 Å². The summed E-state index contributed by atoms with van der Waals surface area (Å²) in [5, 5.41) is 10.3. The molecule has 0 spiro atoms. The van der Waals surface area contributed by atoms with Gasteiger partial charge in [-0.2, -0.15) is 5.10 Å². The smallest absolute Gasteiger partial charge is 0.179 e. The number of rotatable bonds is 4. The van der Waals surface area contributed by atoms with Crippen LogP contribution in [-0.4, -0.2) is 16.0 Å². The number of para-hydroxylation sites is 2. The van der Waals surface area contributed by atoms with E-state index in [9.17, 15) is 4.79 Å². The summed E-state index contributed by atoms with van der Waals surface area (Å²) in [6.07, 6.45) is 0. The van der Waals surface area contributed by atoms with Gasteiger partial charge in [-0.1, -0.05) is 36.4 Å². The van der Waals surface area contributed by atoms with Crippen LogP contribution in [0.1, 0.15) is 17.4 Å². The summed E-state index contributed by atoms with van der Waals surface area (Å²) in [5.74, 6) is -0.0500. The minimum atomic E-state index is -0.0500. The number of aromatic amines is 1. The zero-order valence-corrected chi connectivity index (χ0v) is 11.6. The highest BCUT2D eigenvalue weighted by atomic mass is 16.1. The number of hydrogen-bond acceptors (Lipinski definition) is 3. The third-order valence-electron chi connectivity index (χ3n) is 3.21. The molecule has 2 N–H and O–H groups in total. The SMILES string of the molecule is CC(=O)c1cc(-c2ccccc2Nc2ccccc2)[nH]n1. The van der Waals surface area contributed by atoms with E-state index < -0.39 is 0 Å². The highest BCUT2D eigenvalue weighted by Gasteiger charge is 2.10. The lowest BCUT2D eigenvalue weighted by atomic mass is 10.1. The first-order valence-corrected chi connectivity index (χ1v) is 6.72. The van der Waals surface area contributed by atoms with Crippen LogP contribution in [0.4, 0.5) is 11.4 Å². The second kappa shape index (κ2) is 5.63. The summed E-state index contributed by atoms with van der Waals surface area (Å²) in [6.45, 7) is 1.51. The van der Waals surface area contributed by atoms with Gasteiger partial charge in [0.05, 0.1) is 5.69 Å². The topological polar surface area (TPSA) is 57.8 Å². The van der Waals surface area contributed by atoms with Gasteiger partial charge in [0, 0.05) is 23.9 Å². The van der Waals surface area contributed by atoms with Crippen molar-refractivity contribution in [3.63, 3.8) is 0 Å². The largest absolute Gasteiger partial charge is 0.355 e. The van der Waals surface area contributed by atoms with Crippen LogP contribution in [0.15, 0.2) is 60.7 Å². The maximum atomic E-state index is 11.4. The number of hydrogen-bond donors (Lipinski definition) is 2. The van der Waals surface area contributed by atoms with Crippen LogP contribution in [0, 0.1) is 0 Å². The number of H-pyrrole nitrogens is 1. The van der Waals surface area contributed by atoms with Gasteiger partial charge in [-0.05, 0) is 24.3 Å². The van der Waals surface area contributed by atoms with E-state index in [-0.39, 0.29) is 5.78 Å². The van der Waals surface area contributed by atoms with Crippen molar-refractivity contribution in [2.45, 2.75) is 6.92 Å². The van der Waals surface area contributed by atoms with Crippen molar-refractivity contribution in [1.29, 1.82) is 0 Å². The number of carbonyl (C=O) groups excluding carboxylic acids is 1. The summed E-state index contributed by atoms with van der Waals surface area (Å²) in [7, 11) is 0. The highest BCUT2D eigenvalue weighted by Crippen LogP contribution is 2.29. The molecule has 0 aliphatic rings. The summed E-state index contributed by atoms with van der Waals surface area (Å²) in [6, 6.07) is 19.6. The zero-order valence-electron chi connectivity index (χ0n) is 11.6. The summed E-state index contributed by atoms with van der Waals surface area (Å²) < 4.78 is 0. The quantitative estimate of drug-likeness (QED) is 0.708. The molecule has 0 amide bonds. The number of nitrogens with zero attached hydrogens (tertiary/aromatic N) is 1. The molecule has 3 aromatic rings. The molecule has 1 aromatic heterocycles. The number of anilines is 2. The fourth-order valence-corrected chi connectivity index (χ4v) is 2.14. The summed E-state index contributed by atoms with van der Waals surface area (Å²) in [5.41, 5.74) is 4.21. The fourth-order valence-electron chi connectivity index (χ4n) is 2.14. The zero-order chi connectivity index (χ0) is 14.7. The predicted molar refractivity (Wildman–Crippen MR) is 83.8 cm³/mol. The molecule has 1 heterocycles. The minimum absolute atomic E-state index is 0.0500. The Hall–Kier alpha value is -2.88. The van der Waals surface area contributed by atoms with Crippen molar-refractivity contribution in [2.24, 2.45) is 0 Å². The Labute approximate surface area is 122 Å². The Morgan fingerprint density at radius 2 is 1.76 bits per heavy atom. The lowest BCUT2D eigenvalue weighted by Gasteiger charge is -2.10. The van der Waals surface area contributed by atoms with Gasteiger partial charge in [0.15, 0.2) is 5.78 Å². The van der Waals surface area contributed by atoms with Gasteiger partial charge in [0.2, 0.25) is 0 Å². The molecule has 4 nitrogen and oxygen atoms in total. The second-order valence-corrected chi connectivity index (χ2v) is 4.76. The van der Waals surface area contributed by atoms with E-state index in [0.717, 1.165) is 22.6 Å². The van der Waals surface area contributed by atoms with Crippen LogP contribution in [0.25, 0.3) is 11.3 Å². The maximum Gasteiger partial charge on any atom is 0.179 e. The molecule has 0 saturated carbocycles. The molecule has 104 valence electrons. The first-order chi connectivity index (χ1) is 10.2. The monoisotopic (exact) mass is 277 g/mol. The normalized spacial score (nSPS) is 10.3. The van der Waals surface area contributed by atoms with Gasteiger partial charge in [-0.3, -0.25) is 9.89 Å². The van der Waals surface area contributed by atoms with Crippen LogP contribution in [0.3, 0.4) is 0 Å². The van der Waals surface area contributed by atoms with E-state index in [0.29, 0.717) is 5.69 Å². The Balaban J connectivity index is 1.97. The molecule has 0 bridgehead atoms. The molecule has 4 heteroatoms. The van der Waals surface area contributed by atoms with Gasteiger partial charge in [0.1, 0.15) is 5.69 Å². The molecule has 2 aromatic carbocycles. The predicted octanol–water partition coefficient (Wildman–Crippen LogP) is 4.02. The van der Waals surface area contributed by atoms with Crippen LogP contribution < -0.4 is 5.32 Å². The van der Waals surface area contributed by atoms with Crippen molar-refractivity contribution in [1.82, 2.24) is 10.2 Å². The molecule has 0 atom stereocenters. The van der Waals surface area contributed by atoms with Crippen molar-refractivity contribution < 1.29 is 4.79 Å². The number of aromatic nitrogens is 2. The Morgan fingerprint density at radius 3 is 2.48 bits per heavy atom. The molecule has 0 aliphatic heterocycles. The molecular formula is C17H15N3O. The lowest BCUT2D eigenvalue weighted by molar-refractivity contribution is 0.101. The third-order valence-corrected chi connectivity index (χ3v) is 3.21. The van der Waals surface area contributed by atoms with E-state index in [1.807, 2.05) is 54.6 Å². The number of nitrogens with one attached hydrogen (secondary N) is 2. The molecule has 0 fully saturated rings. The Kier molecular flexibility index (Phi) is 3.51. The average molecular weight is 277 g/mol. The van der Waals surface area contributed by atoms with Gasteiger partial charge in [-0.15, -0.1) is 0 Å². The minimum Gasteiger partial charge on any atom is -0.355 e. The van der Waals surface area contributed by atoms with E-state index in [1.54, 1.807) is 6.07 Å². The molecular weight excluding hydrogens is 262 g/mol. The number of Topliss-reactive ketones (excluding diaryl/α,β-unsaturated/α-hetero) is 1. The van der Waals surface area contributed by atoms with E-state index in [4.69, 9.17) is 0 Å². The van der Waals surface area contributed by atoms with E-state index in [1.165, 1.54) is 6.92 Å². The van der Waals surface area contributed by atoms with Crippen molar-refractivity contribution in [3.8, 4) is 11.3 Å². The van der Waals surface area contributed by atoms with Crippen LogP contribution in [0.2, 0.25) is 0 Å². The maximum absolute atomic E-state index is 11.4. The van der Waals surface area contributed by atoms with Crippen molar-refractivity contribution >= 4 is 17.2 Å². The van der Waals surface area contributed by atoms with Crippen LogP contribution in [-0.2, 0) is 0 Å². The molecule has 0 aliphatic carbocycles. The molecule has 21 heavy (non-hydrogen) atoms. The van der Waals surface area contributed by atoms with Crippen LogP contribution in [0.5, 0.6) is 0 Å². The third kappa shape index (κ3) is 2.84. The first-order valence-electron chi connectivity index (χ1n) is 6.72. The first kappa shape index (κ1) is 13.1. The number of benzene rings is 2. The molecule has 0 saturated heterocycles. The second-order valence-electron chi connectivity index (χ2n) is 4.76. The molecule has 0 unspecified atom stereocenters. The standard InChI is InChI=1S/C17H15N3O/c1-12(21)16-11-17(20-19-16)14-9-5-6-10-15(14)18-13-7-3-2-4-8-13/h2-11,18H,1H3,(H,19,20). The van der Waals surface area contributed by atoms with Gasteiger partial charge < -0.3 is 5.32 Å². The van der Waals surface area contributed by atoms with Gasteiger partial charge in [-0.25, -0.2) is 0 Å². The van der Waals surface area contributed by atoms with Crippen molar-refractivity contribution in [2.75, 3.05) is 5.32 Å². The molecule has 0 radical (unpaired) electrons. The van der Waals surface area contributed by atoms with E-state index >= 15 is 0 Å². The van der Waals surface area contributed by atoms with Crippen LogP contribution >= 0.6 is 0 Å². The molecule has 3 rings (SSSR count). The van der Waals surface area contributed by atoms with Gasteiger partial charge in [0.25, 0.3) is 0 Å². The Morgan fingerprint density at radius 1 is 1.05 bits per heavy atom. The average Bonchev–Trinajstić information content (AvgIpc) is 2.99. The lowest BCUT2D eigenvalue weighted by Crippen LogP contribution is -1.93. The summed E-state index contributed by atoms with van der Waals surface area (Å²) in [4.78, 5) is 11.4.